The van der Waals surface area contributed by atoms with Crippen LogP contribution in [0.4, 0.5) is 9.18 Å². The number of rotatable bonds is 11. The standard InChI is InChI=1S/C34H38FN3O10/c1-34(2,3)47-33(42)48-38-18-6-7-25(24(19-38)37-31(40)22-14-16-36-17-15-22)46-32(41)23-10-8-21(9-11-23)30(39)28-26(45-20-43-4)12-13-27(44-5)29(28)35/h8-17,24-25H,6-7,18-20H2,1-5H3,(H,37,40)/t24-,25-/m1/s1. The van der Waals surface area contributed by atoms with Crippen LogP contribution in [0.25, 0.3) is 0 Å². The fourth-order valence-corrected chi connectivity index (χ4v) is 4.85. The molecule has 256 valence electrons. The Labute approximate surface area is 277 Å². The van der Waals surface area contributed by atoms with Crippen LogP contribution >= 0.6 is 0 Å². The van der Waals surface area contributed by atoms with Crippen molar-refractivity contribution < 1.29 is 52.1 Å². The van der Waals surface area contributed by atoms with Crippen LogP contribution in [-0.2, 0) is 19.0 Å². The van der Waals surface area contributed by atoms with Crippen molar-refractivity contribution in [3.8, 4) is 11.5 Å². The second kappa shape index (κ2) is 16.2. The second-order valence-electron chi connectivity index (χ2n) is 11.8. The van der Waals surface area contributed by atoms with Crippen molar-refractivity contribution in [1.82, 2.24) is 15.4 Å². The average Bonchev–Trinajstić information content (AvgIpc) is 3.23. The lowest BCUT2D eigenvalue weighted by Gasteiger charge is -2.29. The van der Waals surface area contributed by atoms with Gasteiger partial charge in [-0.3, -0.25) is 14.6 Å². The molecule has 1 saturated heterocycles. The molecule has 13 nitrogen and oxygen atoms in total. The van der Waals surface area contributed by atoms with Crippen LogP contribution in [0.1, 0.15) is 70.3 Å². The van der Waals surface area contributed by atoms with E-state index < -0.39 is 47.4 Å². The molecule has 14 heteroatoms. The van der Waals surface area contributed by atoms with E-state index in [4.69, 9.17) is 28.5 Å². The number of esters is 1. The number of carbonyl (C=O) groups is 4. The maximum atomic E-state index is 15.2. The Hall–Kier alpha value is -5.08. The molecule has 1 aromatic heterocycles. The molecule has 0 spiro atoms. The van der Waals surface area contributed by atoms with Gasteiger partial charge in [0.1, 0.15) is 23.0 Å². The number of amides is 1. The van der Waals surface area contributed by atoms with Crippen molar-refractivity contribution in [2.45, 2.75) is 51.4 Å². The van der Waals surface area contributed by atoms with Gasteiger partial charge in [0.05, 0.1) is 25.3 Å². The van der Waals surface area contributed by atoms with E-state index in [1.807, 2.05) is 0 Å². The molecule has 0 unspecified atom stereocenters. The van der Waals surface area contributed by atoms with E-state index in [9.17, 15) is 19.2 Å². The maximum absolute atomic E-state index is 15.2. The molecule has 1 fully saturated rings. The molecule has 1 aliphatic rings. The van der Waals surface area contributed by atoms with E-state index in [2.05, 4.69) is 10.3 Å². The van der Waals surface area contributed by atoms with Crippen LogP contribution in [0, 0.1) is 5.82 Å². The summed E-state index contributed by atoms with van der Waals surface area (Å²) >= 11 is 0. The number of benzene rings is 2. The van der Waals surface area contributed by atoms with Crippen molar-refractivity contribution >= 4 is 23.8 Å². The number of halogens is 1. The first-order valence-corrected chi connectivity index (χ1v) is 15.1. The number of pyridine rings is 1. The topological polar surface area (TPSA) is 152 Å². The molecular weight excluding hydrogens is 629 g/mol. The second-order valence-corrected chi connectivity index (χ2v) is 11.8. The normalized spacial score (nSPS) is 16.6. The van der Waals surface area contributed by atoms with Crippen LogP contribution in [0.5, 0.6) is 11.5 Å². The Morgan fingerprint density at radius 2 is 1.60 bits per heavy atom. The zero-order valence-electron chi connectivity index (χ0n) is 27.3. The molecule has 2 aromatic carbocycles. The van der Waals surface area contributed by atoms with Gasteiger partial charge in [0, 0.05) is 37.2 Å². The lowest BCUT2D eigenvalue weighted by molar-refractivity contribution is -0.144. The summed E-state index contributed by atoms with van der Waals surface area (Å²) in [6.07, 6.45) is 2.01. The molecule has 0 aliphatic carbocycles. The number of hydrogen-bond donors (Lipinski definition) is 1. The van der Waals surface area contributed by atoms with Crippen molar-refractivity contribution in [3.05, 3.63) is 89.0 Å². The largest absolute Gasteiger partial charge is 0.528 e. The van der Waals surface area contributed by atoms with Gasteiger partial charge < -0.3 is 33.8 Å². The summed E-state index contributed by atoms with van der Waals surface area (Å²) in [5, 5.41) is 4.24. The Morgan fingerprint density at radius 1 is 0.938 bits per heavy atom. The number of hydroxylamine groups is 2. The Kier molecular flexibility index (Phi) is 12.0. The minimum Gasteiger partial charge on any atom is -0.494 e. The van der Waals surface area contributed by atoms with Crippen LogP contribution in [-0.4, -0.2) is 85.7 Å². The summed E-state index contributed by atoms with van der Waals surface area (Å²) in [5.74, 6) is -2.96. The van der Waals surface area contributed by atoms with E-state index in [-0.39, 0.29) is 41.5 Å². The number of carbonyl (C=O) groups excluding carboxylic acids is 4. The number of ether oxygens (including phenoxy) is 5. The number of nitrogens with one attached hydrogen (secondary N) is 1. The lowest BCUT2D eigenvalue weighted by atomic mass is 10.00. The van der Waals surface area contributed by atoms with E-state index in [1.165, 1.54) is 80.2 Å². The highest BCUT2D eigenvalue weighted by atomic mass is 19.1. The van der Waals surface area contributed by atoms with E-state index in [1.54, 1.807) is 20.8 Å². The van der Waals surface area contributed by atoms with Gasteiger partial charge in [-0.2, -0.15) is 0 Å². The summed E-state index contributed by atoms with van der Waals surface area (Å²) in [5.41, 5.74) is -0.613. The Balaban J connectivity index is 1.52. The van der Waals surface area contributed by atoms with E-state index in [0.717, 1.165) is 0 Å². The molecule has 0 saturated carbocycles. The SMILES string of the molecule is COCOc1ccc(OC)c(F)c1C(=O)c1ccc(C(=O)O[C@@H]2CCCN(OC(=O)OC(C)(C)C)C[C@H]2NC(=O)c2ccncc2)cc1. The summed E-state index contributed by atoms with van der Waals surface area (Å²) in [6.45, 7) is 5.20. The van der Waals surface area contributed by atoms with Crippen molar-refractivity contribution in [3.63, 3.8) is 0 Å². The van der Waals surface area contributed by atoms with Crippen molar-refractivity contribution in [1.29, 1.82) is 0 Å². The lowest BCUT2D eigenvalue weighted by Crippen LogP contribution is -2.50. The first kappa shape index (κ1) is 35.8. The smallest absolute Gasteiger partial charge is 0.494 e. The predicted octanol–water partition coefficient (Wildman–Crippen LogP) is 4.73. The third-order valence-corrected chi connectivity index (χ3v) is 7.09. The van der Waals surface area contributed by atoms with Gasteiger partial charge in [0.15, 0.2) is 24.1 Å². The molecule has 0 radical (unpaired) electrons. The van der Waals surface area contributed by atoms with Gasteiger partial charge in [0.2, 0.25) is 0 Å². The number of hydrogen-bond acceptors (Lipinski definition) is 12. The van der Waals surface area contributed by atoms with Gasteiger partial charge in [-0.15, -0.1) is 5.06 Å². The molecular formula is C34H38FN3O10. The van der Waals surface area contributed by atoms with Crippen LogP contribution in [0.3, 0.4) is 0 Å². The number of methoxy groups -OCH3 is 2. The Bertz CT molecular complexity index is 1600. The molecule has 1 aliphatic heterocycles. The molecule has 2 atom stereocenters. The maximum Gasteiger partial charge on any atom is 0.528 e. The minimum atomic E-state index is -0.905. The molecule has 1 amide bonds. The quantitative estimate of drug-likeness (QED) is 0.171. The Morgan fingerprint density at radius 3 is 2.25 bits per heavy atom. The first-order valence-electron chi connectivity index (χ1n) is 15.1. The van der Waals surface area contributed by atoms with E-state index >= 15 is 4.39 Å². The number of ketones is 1. The van der Waals surface area contributed by atoms with Crippen molar-refractivity contribution in [2.24, 2.45) is 0 Å². The predicted molar refractivity (Wildman–Crippen MR) is 168 cm³/mol. The third kappa shape index (κ3) is 9.48. The average molecular weight is 668 g/mol. The highest BCUT2D eigenvalue weighted by Gasteiger charge is 2.34. The van der Waals surface area contributed by atoms with Crippen molar-refractivity contribution in [2.75, 3.05) is 34.1 Å². The summed E-state index contributed by atoms with van der Waals surface area (Å²) in [4.78, 5) is 61.5. The van der Waals surface area contributed by atoms with Gasteiger partial charge in [-0.05, 0) is 70.0 Å². The molecule has 2 heterocycles. The molecule has 0 bridgehead atoms. The van der Waals surface area contributed by atoms with E-state index in [0.29, 0.717) is 24.9 Å². The van der Waals surface area contributed by atoms with Crippen LogP contribution < -0.4 is 14.8 Å². The number of aromatic nitrogens is 1. The summed E-state index contributed by atoms with van der Waals surface area (Å²) in [7, 11) is 2.66. The third-order valence-electron chi connectivity index (χ3n) is 7.09. The summed E-state index contributed by atoms with van der Waals surface area (Å²) in [6, 6.07) is 10.5. The number of nitrogens with zero attached hydrogens (tertiary/aromatic N) is 2. The zero-order valence-corrected chi connectivity index (χ0v) is 27.3. The monoisotopic (exact) mass is 667 g/mol. The highest BCUT2D eigenvalue weighted by Crippen LogP contribution is 2.31. The van der Waals surface area contributed by atoms with Gasteiger partial charge >= 0.3 is 12.1 Å². The summed E-state index contributed by atoms with van der Waals surface area (Å²) < 4.78 is 41.7. The minimum absolute atomic E-state index is 0.00102. The fourth-order valence-electron chi connectivity index (χ4n) is 4.85. The first-order chi connectivity index (χ1) is 22.9. The molecule has 3 aromatic rings. The molecule has 1 N–H and O–H groups in total. The van der Waals surface area contributed by atoms with Gasteiger partial charge in [-0.25, -0.2) is 14.0 Å². The molecule has 48 heavy (non-hydrogen) atoms. The highest BCUT2D eigenvalue weighted by molar-refractivity contribution is 6.11. The van der Waals surface area contributed by atoms with Crippen LogP contribution in [0.15, 0.2) is 60.9 Å². The van der Waals surface area contributed by atoms with Crippen LogP contribution in [0.2, 0.25) is 0 Å². The van der Waals surface area contributed by atoms with Gasteiger partial charge in [0.25, 0.3) is 5.91 Å². The van der Waals surface area contributed by atoms with Gasteiger partial charge in [-0.1, -0.05) is 12.1 Å². The molecule has 4 rings (SSSR count). The zero-order chi connectivity index (χ0) is 34.8. The fraction of sp³-hybridized carbons (Fsp3) is 0.382.